The highest BCUT2D eigenvalue weighted by atomic mass is 32.1. The number of aliphatic hydroxyl groups excluding tert-OH is 1. The molecule has 114 valence electrons. The molecular formula is C14H19N3O3S. The molecule has 2 saturated heterocycles. The Kier molecular flexibility index (Phi) is 3.97. The minimum absolute atomic E-state index is 0.131. The maximum Gasteiger partial charge on any atom is 0.251 e. The molecule has 3 heterocycles. The molecule has 2 aliphatic heterocycles. The minimum Gasteiger partial charge on any atom is -0.393 e. The monoisotopic (exact) mass is 309 g/mol. The zero-order chi connectivity index (χ0) is 15.0. The largest absolute Gasteiger partial charge is 0.393 e. The van der Waals surface area contributed by atoms with Crippen LogP contribution in [0, 0.1) is 0 Å². The van der Waals surface area contributed by atoms with Crippen LogP contribution in [-0.4, -0.2) is 46.6 Å². The van der Waals surface area contributed by atoms with Crippen molar-refractivity contribution >= 4 is 28.2 Å². The molecule has 2 fully saturated rings. The molecule has 0 aliphatic carbocycles. The number of hydrogen-bond acceptors (Lipinski definition) is 5. The van der Waals surface area contributed by atoms with E-state index in [0.717, 1.165) is 25.7 Å². The Labute approximate surface area is 126 Å². The number of primary amides is 1. The standard InChI is InChI=1S/C14H19N3O3S/c15-13(20)11-3-4-21-14(11)16-12(19)7-17-8-1-2-9(17)6-10(18)5-8/h3-4,8-10,18H,1-2,5-7H2,(H2,15,20)(H,16,19). The molecule has 4 N–H and O–H groups in total. The summed E-state index contributed by atoms with van der Waals surface area (Å²) in [6.07, 6.45) is 3.34. The molecule has 2 atom stereocenters. The maximum absolute atomic E-state index is 12.2. The van der Waals surface area contributed by atoms with Crippen molar-refractivity contribution in [3.05, 3.63) is 17.0 Å². The summed E-state index contributed by atoms with van der Waals surface area (Å²) in [5.41, 5.74) is 5.62. The number of fused-ring (bicyclic) bond motifs is 2. The highest BCUT2D eigenvalue weighted by Crippen LogP contribution is 2.35. The van der Waals surface area contributed by atoms with E-state index in [1.165, 1.54) is 11.3 Å². The third-order valence-electron chi connectivity index (χ3n) is 4.37. The smallest absolute Gasteiger partial charge is 0.251 e. The number of nitrogens with zero attached hydrogens (tertiary/aromatic N) is 1. The average molecular weight is 309 g/mol. The van der Waals surface area contributed by atoms with Crippen LogP contribution in [0.1, 0.15) is 36.0 Å². The molecule has 6 nitrogen and oxygen atoms in total. The first-order valence-electron chi connectivity index (χ1n) is 7.15. The van der Waals surface area contributed by atoms with Crippen molar-refractivity contribution in [2.75, 3.05) is 11.9 Å². The van der Waals surface area contributed by atoms with Gasteiger partial charge in [-0.1, -0.05) is 0 Å². The second-order valence-corrected chi connectivity index (χ2v) is 6.67. The number of rotatable bonds is 4. The van der Waals surface area contributed by atoms with E-state index in [1.807, 2.05) is 0 Å². The van der Waals surface area contributed by atoms with Gasteiger partial charge < -0.3 is 16.2 Å². The van der Waals surface area contributed by atoms with E-state index in [9.17, 15) is 14.7 Å². The first-order valence-corrected chi connectivity index (χ1v) is 8.03. The lowest BCUT2D eigenvalue weighted by Gasteiger charge is -2.36. The predicted octanol–water partition coefficient (Wildman–Crippen LogP) is 0.773. The molecule has 0 spiro atoms. The van der Waals surface area contributed by atoms with Gasteiger partial charge in [-0.15, -0.1) is 11.3 Å². The van der Waals surface area contributed by atoms with Gasteiger partial charge in [-0.05, 0) is 37.1 Å². The number of aliphatic hydroxyl groups is 1. The normalized spacial score (nSPS) is 28.5. The number of hydrogen-bond donors (Lipinski definition) is 3. The van der Waals surface area contributed by atoms with Crippen LogP contribution < -0.4 is 11.1 Å². The van der Waals surface area contributed by atoms with Gasteiger partial charge in [0.1, 0.15) is 5.00 Å². The lowest BCUT2D eigenvalue weighted by molar-refractivity contribution is -0.119. The van der Waals surface area contributed by atoms with E-state index in [4.69, 9.17) is 5.73 Å². The van der Waals surface area contributed by atoms with Crippen LogP contribution in [0.2, 0.25) is 0 Å². The fraction of sp³-hybridized carbons (Fsp3) is 0.571. The van der Waals surface area contributed by atoms with Crippen molar-refractivity contribution in [1.82, 2.24) is 4.90 Å². The van der Waals surface area contributed by atoms with Gasteiger partial charge in [0.25, 0.3) is 5.91 Å². The van der Waals surface area contributed by atoms with Gasteiger partial charge in [-0.3, -0.25) is 14.5 Å². The van der Waals surface area contributed by atoms with Gasteiger partial charge in [0, 0.05) is 12.1 Å². The van der Waals surface area contributed by atoms with E-state index >= 15 is 0 Å². The zero-order valence-electron chi connectivity index (χ0n) is 11.6. The number of thiophene rings is 1. The molecular weight excluding hydrogens is 290 g/mol. The van der Waals surface area contributed by atoms with Crippen LogP contribution >= 0.6 is 11.3 Å². The first-order chi connectivity index (χ1) is 10.0. The van der Waals surface area contributed by atoms with Crippen molar-refractivity contribution in [1.29, 1.82) is 0 Å². The van der Waals surface area contributed by atoms with Crippen LogP contribution in [0.5, 0.6) is 0 Å². The maximum atomic E-state index is 12.2. The SMILES string of the molecule is NC(=O)c1ccsc1NC(=O)CN1C2CCC1CC(O)C2. The number of piperidine rings is 1. The van der Waals surface area contributed by atoms with Crippen molar-refractivity contribution in [3.8, 4) is 0 Å². The summed E-state index contributed by atoms with van der Waals surface area (Å²) in [5.74, 6) is -0.666. The molecule has 0 radical (unpaired) electrons. The third kappa shape index (κ3) is 2.95. The van der Waals surface area contributed by atoms with Gasteiger partial charge in [0.05, 0.1) is 18.2 Å². The minimum atomic E-state index is -0.535. The predicted molar refractivity (Wildman–Crippen MR) is 80.2 cm³/mol. The molecule has 2 aliphatic rings. The van der Waals surface area contributed by atoms with Gasteiger partial charge >= 0.3 is 0 Å². The van der Waals surface area contributed by atoms with Crippen LogP contribution in [0.3, 0.4) is 0 Å². The summed E-state index contributed by atoms with van der Waals surface area (Å²) in [6, 6.07) is 2.20. The average Bonchev–Trinajstić information content (AvgIpc) is 2.94. The van der Waals surface area contributed by atoms with Gasteiger partial charge in [0.2, 0.25) is 5.91 Å². The number of carbonyl (C=O) groups excluding carboxylic acids is 2. The zero-order valence-corrected chi connectivity index (χ0v) is 12.4. The molecule has 0 aromatic carbocycles. The Morgan fingerprint density at radius 3 is 2.67 bits per heavy atom. The Morgan fingerprint density at radius 2 is 2.05 bits per heavy atom. The summed E-state index contributed by atoms with van der Waals surface area (Å²) in [5, 5.41) is 14.8. The Morgan fingerprint density at radius 1 is 1.38 bits per heavy atom. The Bertz CT molecular complexity index is 545. The Balaban J connectivity index is 1.62. The highest BCUT2D eigenvalue weighted by Gasteiger charge is 2.40. The second-order valence-electron chi connectivity index (χ2n) is 5.76. The molecule has 1 aromatic heterocycles. The highest BCUT2D eigenvalue weighted by molar-refractivity contribution is 7.14. The molecule has 7 heteroatoms. The van der Waals surface area contributed by atoms with Crippen molar-refractivity contribution in [2.45, 2.75) is 43.9 Å². The summed E-state index contributed by atoms with van der Waals surface area (Å²) in [6.45, 7) is 0.304. The van der Waals surface area contributed by atoms with Gasteiger partial charge in [0.15, 0.2) is 0 Å². The molecule has 2 amide bonds. The summed E-state index contributed by atoms with van der Waals surface area (Å²) in [7, 11) is 0. The molecule has 2 unspecified atom stereocenters. The summed E-state index contributed by atoms with van der Waals surface area (Å²) >= 11 is 1.29. The van der Waals surface area contributed by atoms with Crippen molar-refractivity contribution in [2.24, 2.45) is 5.73 Å². The van der Waals surface area contributed by atoms with E-state index in [2.05, 4.69) is 10.2 Å². The van der Waals surface area contributed by atoms with Gasteiger partial charge in [-0.25, -0.2) is 0 Å². The van der Waals surface area contributed by atoms with Gasteiger partial charge in [-0.2, -0.15) is 0 Å². The van der Waals surface area contributed by atoms with E-state index in [-0.39, 0.29) is 12.0 Å². The van der Waals surface area contributed by atoms with Crippen LogP contribution in [0.4, 0.5) is 5.00 Å². The molecule has 3 rings (SSSR count). The topological polar surface area (TPSA) is 95.7 Å². The van der Waals surface area contributed by atoms with Crippen molar-refractivity contribution in [3.63, 3.8) is 0 Å². The molecule has 0 saturated carbocycles. The van der Waals surface area contributed by atoms with Crippen molar-refractivity contribution < 1.29 is 14.7 Å². The number of nitrogens with one attached hydrogen (secondary N) is 1. The molecule has 21 heavy (non-hydrogen) atoms. The number of carbonyl (C=O) groups is 2. The van der Waals surface area contributed by atoms with Crippen LogP contribution in [-0.2, 0) is 4.79 Å². The first kappa shape index (κ1) is 14.5. The fourth-order valence-electron chi connectivity index (χ4n) is 3.44. The lowest BCUT2D eigenvalue weighted by atomic mass is 10.00. The van der Waals surface area contributed by atoms with E-state index < -0.39 is 5.91 Å². The molecule has 1 aromatic rings. The molecule has 2 bridgehead atoms. The lowest BCUT2D eigenvalue weighted by Crippen LogP contribution is -2.47. The van der Waals surface area contributed by atoms with Crippen LogP contribution in [0.15, 0.2) is 11.4 Å². The summed E-state index contributed by atoms with van der Waals surface area (Å²) < 4.78 is 0. The third-order valence-corrected chi connectivity index (χ3v) is 5.20. The van der Waals surface area contributed by atoms with Crippen LogP contribution in [0.25, 0.3) is 0 Å². The number of amides is 2. The number of nitrogens with two attached hydrogens (primary N) is 1. The van der Waals surface area contributed by atoms with E-state index in [1.54, 1.807) is 11.4 Å². The Hall–Kier alpha value is -1.44. The number of anilines is 1. The quantitative estimate of drug-likeness (QED) is 0.765. The van der Waals surface area contributed by atoms with E-state index in [0.29, 0.717) is 29.2 Å². The summed E-state index contributed by atoms with van der Waals surface area (Å²) in [4.78, 5) is 25.6. The fourth-order valence-corrected chi connectivity index (χ4v) is 4.24. The second kappa shape index (κ2) is 5.75.